The Labute approximate surface area is 99.2 Å². The molecular formula is C11H15BrClN. The Morgan fingerprint density at radius 2 is 2.21 bits per heavy atom. The largest absolute Gasteiger partial charge is 0.299 e. The van der Waals surface area contributed by atoms with Crippen LogP contribution >= 0.6 is 27.5 Å². The van der Waals surface area contributed by atoms with Crippen LogP contribution in [-0.2, 0) is 6.54 Å². The van der Waals surface area contributed by atoms with Gasteiger partial charge in [-0.15, -0.1) is 0 Å². The van der Waals surface area contributed by atoms with Crippen LogP contribution in [0.3, 0.4) is 0 Å². The van der Waals surface area contributed by atoms with E-state index >= 15 is 0 Å². The van der Waals surface area contributed by atoms with Crippen LogP contribution in [0.25, 0.3) is 0 Å². The van der Waals surface area contributed by atoms with Gasteiger partial charge >= 0.3 is 0 Å². The first-order chi connectivity index (χ1) is 6.76. The van der Waals surface area contributed by atoms with Gasteiger partial charge in [-0.1, -0.05) is 46.6 Å². The van der Waals surface area contributed by atoms with Gasteiger partial charge in [0, 0.05) is 23.4 Å². The summed E-state index contributed by atoms with van der Waals surface area (Å²) in [6.07, 6.45) is 0. The minimum absolute atomic E-state index is 0.817. The molecule has 0 saturated heterocycles. The molecule has 3 heteroatoms. The third-order valence-electron chi connectivity index (χ3n) is 2.14. The lowest BCUT2D eigenvalue weighted by Crippen LogP contribution is -2.24. The van der Waals surface area contributed by atoms with Crippen LogP contribution in [0.15, 0.2) is 24.3 Å². The summed E-state index contributed by atoms with van der Waals surface area (Å²) < 4.78 is 0. The first-order valence-electron chi connectivity index (χ1n) is 4.79. The average molecular weight is 277 g/mol. The van der Waals surface area contributed by atoms with Crippen molar-refractivity contribution in [3.05, 3.63) is 34.9 Å². The molecule has 1 rings (SSSR count). The van der Waals surface area contributed by atoms with Crippen molar-refractivity contribution < 1.29 is 0 Å². The van der Waals surface area contributed by atoms with E-state index in [4.69, 9.17) is 11.6 Å². The predicted molar refractivity (Wildman–Crippen MR) is 66.2 cm³/mol. The monoisotopic (exact) mass is 275 g/mol. The van der Waals surface area contributed by atoms with E-state index in [2.05, 4.69) is 33.8 Å². The van der Waals surface area contributed by atoms with Gasteiger partial charge in [-0.25, -0.2) is 0 Å². The van der Waals surface area contributed by atoms with E-state index in [1.807, 2.05) is 18.2 Å². The molecule has 1 aromatic rings. The molecule has 0 atom stereocenters. The van der Waals surface area contributed by atoms with E-state index in [9.17, 15) is 0 Å². The Balaban J connectivity index is 2.57. The maximum atomic E-state index is 5.92. The van der Waals surface area contributed by atoms with Gasteiger partial charge in [-0.3, -0.25) is 4.90 Å². The van der Waals surface area contributed by atoms with Crippen LogP contribution in [0.5, 0.6) is 0 Å². The molecular weight excluding hydrogens is 261 g/mol. The average Bonchev–Trinajstić information content (AvgIpc) is 2.17. The highest BCUT2D eigenvalue weighted by molar-refractivity contribution is 9.09. The molecule has 0 bridgehead atoms. The number of hydrogen-bond acceptors (Lipinski definition) is 1. The Kier molecular flexibility index (Phi) is 5.53. The zero-order chi connectivity index (χ0) is 10.4. The summed E-state index contributed by atoms with van der Waals surface area (Å²) in [5.74, 6) is 0. The number of halogens is 2. The summed E-state index contributed by atoms with van der Waals surface area (Å²) >= 11 is 9.37. The van der Waals surface area contributed by atoms with Crippen LogP contribution in [0.1, 0.15) is 12.5 Å². The molecule has 0 aromatic heterocycles. The molecule has 0 aliphatic carbocycles. The number of rotatable bonds is 5. The maximum absolute atomic E-state index is 5.92. The van der Waals surface area contributed by atoms with Gasteiger partial charge in [0.25, 0.3) is 0 Å². The molecule has 0 amide bonds. The Morgan fingerprint density at radius 1 is 1.43 bits per heavy atom. The lowest BCUT2D eigenvalue weighted by atomic mass is 10.2. The van der Waals surface area contributed by atoms with Crippen molar-refractivity contribution in [3.63, 3.8) is 0 Å². The second-order valence-corrected chi connectivity index (χ2v) is 4.42. The standard InChI is InChI=1S/C11H15BrClN/c1-2-14(7-6-12)9-10-4-3-5-11(13)8-10/h3-5,8H,2,6-7,9H2,1H3. The Morgan fingerprint density at radius 3 is 2.79 bits per heavy atom. The van der Waals surface area contributed by atoms with Gasteiger partial charge in [-0.05, 0) is 24.2 Å². The zero-order valence-corrected chi connectivity index (χ0v) is 10.7. The molecule has 0 aliphatic heterocycles. The molecule has 1 aromatic carbocycles. The topological polar surface area (TPSA) is 3.24 Å². The van der Waals surface area contributed by atoms with Gasteiger partial charge in [0.05, 0.1) is 0 Å². The van der Waals surface area contributed by atoms with Gasteiger partial charge < -0.3 is 0 Å². The quantitative estimate of drug-likeness (QED) is 0.743. The summed E-state index contributed by atoms with van der Waals surface area (Å²) in [4.78, 5) is 2.38. The second kappa shape index (κ2) is 6.44. The molecule has 0 heterocycles. The highest BCUT2D eigenvalue weighted by Gasteiger charge is 2.02. The van der Waals surface area contributed by atoms with Crippen molar-refractivity contribution in [1.29, 1.82) is 0 Å². The summed E-state index contributed by atoms with van der Waals surface area (Å²) in [6.45, 7) is 5.29. The van der Waals surface area contributed by atoms with Crippen LogP contribution in [-0.4, -0.2) is 23.3 Å². The fraction of sp³-hybridized carbons (Fsp3) is 0.455. The van der Waals surface area contributed by atoms with Gasteiger partial charge in [0.2, 0.25) is 0 Å². The molecule has 78 valence electrons. The number of hydrogen-bond donors (Lipinski definition) is 0. The zero-order valence-electron chi connectivity index (χ0n) is 8.34. The van der Waals surface area contributed by atoms with Crippen molar-refractivity contribution in [1.82, 2.24) is 4.90 Å². The summed E-state index contributed by atoms with van der Waals surface area (Å²) in [7, 11) is 0. The molecule has 0 radical (unpaired) electrons. The second-order valence-electron chi connectivity index (χ2n) is 3.19. The van der Waals surface area contributed by atoms with Crippen LogP contribution in [0.2, 0.25) is 5.02 Å². The van der Waals surface area contributed by atoms with Crippen molar-refractivity contribution in [2.45, 2.75) is 13.5 Å². The highest BCUT2D eigenvalue weighted by atomic mass is 79.9. The van der Waals surface area contributed by atoms with E-state index < -0.39 is 0 Å². The predicted octanol–water partition coefficient (Wildman–Crippen LogP) is 3.56. The number of benzene rings is 1. The minimum Gasteiger partial charge on any atom is -0.299 e. The molecule has 14 heavy (non-hydrogen) atoms. The van der Waals surface area contributed by atoms with Gasteiger partial charge in [0.15, 0.2) is 0 Å². The van der Waals surface area contributed by atoms with Crippen molar-refractivity contribution in [2.75, 3.05) is 18.4 Å². The van der Waals surface area contributed by atoms with Crippen molar-refractivity contribution in [3.8, 4) is 0 Å². The van der Waals surface area contributed by atoms with E-state index in [1.54, 1.807) is 0 Å². The molecule has 0 N–H and O–H groups in total. The molecule has 0 spiro atoms. The molecule has 0 aliphatic rings. The Bertz CT molecular complexity index is 278. The highest BCUT2D eigenvalue weighted by Crippen LogP contribution is 2.12. The number of alkyl halides is 1. The third kappa shape index (κ3) is 3.99. The molecule has 0 fully saturated rings. The summed E-state index contributed by atoms with van der Waals surface area (Å²) in [5.41, 5.74) is 1.28. The first-order valence-corrected chi connectivity index (χ1v) is 6.29. The van der Waals surface area contributed by atoms with E-state index in [0.717, 1.165) is 30.0 Å². The summed E-state index contributed by atoms with van der Waals surface area (Å²) in [5, 5.41) is 1.83. The lowest BCUT2D eigenvalue weighted by molar-refractivity contribution is 0.299. The molecule has 0 saturated carbocycles. The Hall–Kier alpha value is -0.0500. The molecule has 0 unspecified atom stereocenters. The normalized spacial score (nSPS) is 10.9. The lowest BCUT2D eigenvalue weighted by Gasteiger charge is -2.19. The van der Waals surface area contributed by atoms with Gasteiger partial charge in [-0.2, -0.15) is 0 Å². The van der Waals surface area contributed by atoms with E-state index in [-0.39, 0.29) is 0 Å². The SMILES string of the molecule is CCN(CCBr)Cc1cccc(Cl)c1. The number of nitrogens with zero attached hydrogens (tertiary/aromatic N) is 1. The van der Waals surface area contributed by atoms with Crippen molar-refractivity contribution in [2.24, 2.45) is 0 Å². The van der Waals surface area contributed by atoms with Crippen LogP contribution in [0.4, 0.5) is 0 Å². The first kappa shape index (κ1) is 12.0. The van der Waals surface area contributed by atoms with E-state index in [0.29, 0.717) is 0 Å². The smallest absolute Gasteiger partial charge is 0.0409 e. The maximum Gasteiger partial charge on any atom is 0.0409 e. The molecule has 1 nitrogen and oxygen atoms in total. The van der Waals surface area contributed by atoms with Crippen LogP contribution < -0.4 is 0 Å². The van der Waals surface area contributed by atoms with E-state index in [1.165, 1.54) is 5.56 Å². The van der Waals surface area contributed by atoms with Crippen LogP contribution in [0, 0.1) is 0 Å². The summed E-state index contributed by atoms with van der Waals surface area (Å²) in [6, 6.07) is 8.05. The third-order valence-corrected chi connectivity index (χ3v) is 2.73. The fourth-order valence-electron chi connectivity index (χ4n) is 1.36. The fourth-order valence-corrected chi connectivity index (χ4v) is 2.08. The van der Waals surface area contributed by atoms with Gasteiger partial charge in [0.1, 0.15) is 0 Å². The minimum atomic E-state index is 0.817. The van der Waals surface area contributed by atoms with Crippen molar-refractivity contribution >= 4 is 27.5 Å².